The molecule has 2 N–H and O–H groups in total. The van der Waals surface area contributed by atoms with E-state index in [0.717, 1.165) is 6.07 Å². The van der Waals surface area contributed by atoms with Crippen LogP contribution in [0.1, 0.15) is 5.56 Å². The molecule has 1 aromatic carbocycles. The minimum atomic E-state index is -4.44. The third kappa shape index (κ3) is 3.88. The van der Waals surface area contributed by atoms with E-state index in [-0.39, 0.29) is 6.54 Å². The summed E-state index contributed by atoms with van der Waals surface area (Å²) in [6.45, 7) is -1.36. The molecule has 0 aromatic heterocycles. The Kier molecular flexibility index (Phi) is 5.27. The molecule has 0 heterocycles. The Balaban J connectivity index is 3.17. The highest BCUT2D eigenvalue weighted by atomic mass is 32.2. The largest absolute Gasteiger partial charge is 0.315 e. The zero-order valence-electron chi connectivity index (χ0n) is 9.88. The minimum absolute atomic E-state index is 0.226. The summed E-state index contributed by atoms with van der Waals surface area (Å²) in [6, 6.07) is 1.46. The third-order valence-electron chi connectivity index (χ3n) is 2.22. The Labute approximate surface area is 107 Å². The average molecular weight is 300 g/mol. The molecule has 4 nitrogen and oxygen atoms in total. The first-order valence-corrected chi connectivity index (χ1v) is 6.67. The van der Waals surface area contributed by atoms with Gasteiger partial charge in [0.25, 0.3) is 6.43 Å². The molecule has 0 unspecified atom stereocenters. The number of benzene rings is 1. The molecule has 0 spiro atoms. The van der Waals surface area contributed by atoms with Gasteiger partial charge in [-0.2, -0.15) is 0 Å². The van der Waals surface area contributed by atoms with Crippen molar-refractivity contribution in [3.05, 3.63) is 29.3 Å². The van der Waals surface area contributed by atoms with Gasteiger partial charge in [-0.1, -0.05) is 0 Å². The van der Waals surface area contributed by atoms with Crippen LogP contribution < -0.4 is 10.0 Å². The summed E-state index contributed by atoms with van der Waals surface area (Å²) in [5.41, 5.74) is -0.470. The molecular weight excluding hydrogens is 288 g/mol. The molecule has 0 radical (unpaired) electrons. The van der Waals surface area contributed by atoms with Crippen LogP contribution in [0.4, 0.5) is 17.6 Å². The molecule has 9 heteroatoms. The van der Waals surface area contributed by atoms with Gasteiger partial charge in [0.1, 0.15) is 10.7 Å². The summed E-state index contributed by atoms with van der Waals surface area (Å²) in [6.07, 6.45) is -2.91. The number of nitrogens with one attached hydrogen (secondary N) is 2. The van der Waals surface area contributed by atoms with Crippen molar-refractivity contribution in [2.24, 2.45) is 0 Å². The summed E-state index contributed by atoms with van der Waals surface area (Å²) in [4.78, 5) is -0.861. The summed E-state index contributed by atoms with van der Waals surface area (Å²) >= 11 is 0. The first kappa shape index (κ1) is 15.9. The minimum Gasteiger partial charge on any atom is -0.315 e. The van der Waals surface area contributed by atoms with Crippen LogP contribution in [0, 0.1) is 11.6 Å². The first-order chi connectivity index (χ1) is 8.79. The van der Waals surface area contributed by atoms with E-state index in [1.807, 2.05) is 0 Å². The van der Waals surface area contributed by atoms with E-state index in [0.29, 0.717) is 6.07 Å². The molecule has 0 amide bonds. The predicted octanol–water partition coefficient (Wildman–Crippen LogP) is 1.23. The monoisotopic (exact) mass is 300 g/mol. The quantitative estimate of drug-likeness (QED) is 0.777. The molecule has 1 aromatic rings. The second-order valence-corrected chi connectivity index (χ2v) is 5.35. The Bertz CT molecular complexity index is 549. The summed E-state index contributed by atoms with van der Waals surface area (Å²) in [5, 5.41) is 2.48. The van der Waals surface area contributed by atoms with Gasteiger partial charge in [0.2, 0.25) is 10.0 Å². The Hall–Kier alpha value is -1.19. The number of hydrogen-bond acceptors (Lipinski definition) is 3. The third-order valence-corrected chi connectivity index (χ3v) is 3.66. The Morgan fingerprint density at radius 2 is 1.89 bits per heavy atom. The molecular formula is C10H12F4N2O2S. The van der Waals surface area contributed by atoms with Crippen LogP contribution in [-0.4, -0.2) is 28.4 Å². The van der Waals surface area contributed by atoms with Crippen molar-refractivity contribution >= 4 is 10.0 Å². The van der Waals surface area contributed by atoms with E-state index in [1.54, 1.807) is 4.72 Å². The SMILES string of the molecule is CNCc1c(F)ccc(S(=O)(=O)NCC(F)F)c1F. The highest BCUT2D eigenvalue weighted by Crippen LogP contribution is 2.21. The van der Waals surface area contributed by atoms with Crippen LogP contribution in [0.25, 0.3) is 0 Å². The molecule has 108 valence electrons. The van der Waals surface area contributed by atoms with Crippen molar-refractivity contribution in [1.29, 1.82) is 0 Å². The van der Waals surface area contributed by atoms with Crippen molar-refractivity contribution < 1.29 is 26.0 Å². The number of alkyl halides is 2. The van der Waals surface area contributed by atoms with E-state index < -0.39 is 45.1 Å². The van der Waals surface area contributed by atoms with Gasteiger partial charge in [0.15, 0.2) is 5.82 Å². The standard InChI is InChI=1S/C10H12F4N2O2S/c1-15-4-6-7(11)2-3-8(10(6)14)19(17,18)16-5-9(12)13/h2-3,9,15-16H,4-5H2,1H3. The average Bonchev–Trinajstić information content (AvgIpc) is 2.31. The smallest absolute Gasteiger partial charge is 0.251 e. The Morgan fingerprint density at radius 3 is 2.42 bits per heavy atom. The fourth-order valence-electron chi connectivity index (χ4n) is 1.37. The lowest BCUT2D eigenvalue weighted by molar-refractivity contribution is 0.153. The maximum atomic E-state index is 13.9. The summed E-state index contributed by atoms with van der Waals surface area (Å²) < 4.78 is 75.8. The van der Waals surface area contributed by atoms with E-state index in [1.165, 1.54) is 7.05 Å². The van der Waals surface area contributed by atoms with Crippen molar-refractivity contribution in [2.45, 2.75) is 17.9 Å². The van der Waals surface area contributed by atoms with Crippen molar-refractivity contribution in [3.63, 3.8) is 0 Å². The molecule has 0 saturated carbocycles. The van der Waals surface area contributed by atoms with Gasteiger partial charge < -0.3 is 5.32 Å². The van der Waals surface area contributed by atoms with Crippen LogP contribution >= 0.6 is 0 Å². The topological polar surface area (TPSA) is 58.2 Å². The van der Waals surface area contributed by atoms with Crippen molar-refractivity contribution in [2.75, 3.05) is 13.6 Å². The van der Waals surface area contributed by atoms with Gasteiger partial charge in [-0.25, -0.2) is 30.7 Å². The van der Waals surface area contributed by atoms with E-state index >= 15 is 0 Å². The zero-order chi connectivity index (χ0) is 14.6. The van der Waals surface area contributed by atoms with E-state index in [4.69, 9.17) is 0 Å². The summed E-state index contributed by atoms with van der Waals surface area (Å²) in [5.74, 6) is -2.21. The molecule has 1 rings (SSSR count). The van der Waals surface area contributed by atoms with Crippen LogP contribution in [-0.2, 0) is 16.6 Å². The lowest BCUT2D eigenvalue weighted by Gasteiger charge is -2.11. The van der Waals surface area contributed by atoms with Crippen LogP contribution in [0.5, 0.6) is 0 Å². The second-order valence-electron chi connectivity index (χ2n) is 3.61. The second kappa shape index (κ2) is 6.31. The van der Waals surface area contributed by atoms with E-state index in [2.05, 4.69) is 5.32 Å². The fourth-order valence-corrected chi connectivity index (χ4v) is 2.48. The molecule has 19 heavy (non-hydrogen) atoms. The van der Waals surface area contributed by atoms with Crippen LogP contribution in [0.2, 0.25) is 0 Å². The number of hydrogen-bond donors (Lipinski definition) is 2. The maximum Gasteiger partial charge on any atom is 0.251 e. The molecule has 0 aliphatic rings. The maximum absolute atomic E-state index is 13.9. The molecule has 0 aliphatic carbocycles. The van der Waals surface area contributed by atoms with Crippen LogP contribution in [0.15, 0.2) is 17.0 Å². The molecule has 0 fully saturated rings. The van der Waals surface area contributed by atoms with Gasteiger partial charge >= 0.3 is 0 Å². The fraction of sp³-hybridized carbons (Fsp3) is 0.400. The van der Waals surface area contributed by atoms with Crippen LogP contribution in [0.3, 0.4) is 0 Å². The molecule has 0 bridgehead atoms. The van der Waals surface area contributed by atoms with Crippen molar-refractivity contribution in [1.82, 2.24) is 10.0 Å². The molecule has 0 saturated heterocycles. The van der Waals surface area contributed by atoms with Gasteiger partial charge in [0, 0.05) is 12.1 Å². The molecule has 0 aliphatic heterocycles. The summed E-state index contributed by atoms with van der Waals surface area (Å²) in [7, 11) is -3.02. The Morgan fingerprint density at radius 1 is 1.26 bits per heavy atom. The predicted molar refractivity (Wildman–Crippen MR) is 60.3 cm³/mol. The van der Waals surface area contributed by atoms with Crippen molar-refractivity contribution in [3.8, 4) is 0 Å². The number of rotatable bonds is 6. The molecule has 0 atom stereocenters. The highest BCUT2D eigenvalue weighted by molar-refractivity contribution is 7.89. The number of sulfonamides is 1. The highest BCUT2D eigenvalue weighted by Gasteiger charge is 2.24. The van der Waals surface area contributed by atoms with E-state index in [9.17, 15) is 26.0 Å². The van der Waals surface area contributed by atoms with Gasteiger partial charge in [0.05, 0.1) is 6.54 Å². The van der Waals surface area contributed by atoms with Gasteiger partial charge in [-0.3, -0.25) is 0 Å². The number of halogens is 4. The normalized spacial score (nSPS) is 12.1. The lowest BCUT2D eigenvalue weighted by Crippen LogP contribution is -2.29. The lowest BCUT2D eigenvalue weighted by atomic mass is 10.2. The van der Waals surface area contributed by atoms with Gasteiger partial charge in [-0.15, -0.1) is 0 Å². The zero-order valence-corrected chi connectivity index (χ0v) is 10.7. The van der Waals surface area contributed by atoms with Gasteiger partial charge in [-0.05, 0) is 19.2 Å². The first-order valence-electron chi connectivity index (χ1n) is 5.19.